The molecule has 2 unspecified atom stereocenters. The minimum atomic E-state index is -0.381. The van der Waals surface area contributed by atoms with E-state index in [-0.39, 0.29) is 5.97 Å². The molecule has 3 rings (SSSR count). The lowest BCUT2D eigenvalue weighted by Crippen LogP contribution is -2.27. The lowest BCUT2D eigenvalue weighted by Gasteiger charge is -2.27. The van der Waals surface area contributed by atoms with Crippen LogP contribution in [0, 0.1) is 0 Å². The number of ether oxygens (including phenoxy) is 2. The molecule has 2 aromatic carbocycles. The minimum absolute atomic E-state index is 0.381. The van der Waals surface area contributed by atoms with E-state index in [1.165, 1.54) is 5.56 Å². The second-order valence-electron chi connectivity index (χ2n) is 7.31. The van der Waals surface area contributed by atoms with Gasteiger partial charge in [-0.15, -0.1) is 11.8 Å². The van der Waals surface area contributed by atoms with Crippen LogP contribution < -0.4 is 9.47 Å². The van der Waals surface area contributed by atoms with Crippen molar-refractivity contribution < 1.29 is 14.3 Å². The molecule has 0 saturated carbocycles. The van der Waals surface area contributed by atoms with Gasteiger partial charge in [-0.3, -0.25) is 0 Å². The molecule has 0 aromatic heterocycles. The zero-order valence-corrected chi connectivity index (χ0v) is 18.9. The van der Waals surface area contributed by atoms with Crippen LogP contribution in [0.4, 0.5) is 0 Å². The molecule has 0 radical (unpaired) electrons. The molecule has 1 heterocycles. The van der Waals surface area contributed by atoms with Crippen molar-refractivity contribution in [2.75, 3.05) is 32.5 Å². The molecular formula is C25H31NO3S. The van der Waals surface area contributed by atoms with Gasteiger partial charge in [-0.2, -0.15) is 0 Å². The summed E-state index contributed by atoms with van der Waals surface area (Å²) in [7, 11) is 1.62. The highest BCUT2D eigenvalue weighted by atomic mass is 32.2. The Morgan fingerprint density at radius 2 is 1.90 bits per heavy atom. The van der Waals surface area contributed by atoms with E-state index in [4.69, 9.17) is 9.47 Å². The summed E-state index contributed by atoms with van der Waals surface area (Å²) in [5.74, 6) is 2.12. The maximum absolute atomic E-state index is 12.5. The van der Waals surface area contributed by atoms with E-state index in [9.17, 15) is 4.79 Å². The number of rotatable bonds is 10. The molecule has 1 aliphatic heterocycles. The van der Waals surface area contributed by atoms with Crippen molar-refractivity contribution in [3.05, 3.63) is 71.8 Å². The summed E-state index contributed by atoms with van der Waals surface area (Å²) in [6.07, 6.45) is 5.66. The summed E-state index contributed by atoms with van der Waals surface area (Å²) in [4.78, 5) is 14.9. The number of benzene rings is 2. The highest BCUT2D eigenvalue weighted by molar-refractivity contribution is 8.00. The van der Waals surface area contributed by atoms with Crippen LogP contribution >= 0.6 is 11.8 Å². The van der Waals surface area contributed by atoms with Crippen LogP contribution in [0.1, 0.15) is 42.1 Å². The number of hydrogen-bond acceptors (Lipinski definition) is 5. The molecule has 0 bridgehead atoms. The van der Waals surface area contributed by atoms with Crippen LogP contribution in [-0.4, -0.2) is 48.6 Å². The van der Waals surface area contributed by atoms with Crippen molar-refractivity contribution in [3.8, 4) is 11.5 Å². The Hall–Kier alpha value is -2.24. The molecular weight excluding hydrogens is 394 g/mol. The van der Waals surface area contributed by atoms with Crippen LogP contribution in [0.2, 0.25) is 0 Å². The zero-order valence-electron chi connectivity index (χ0n) is 18.0. The van der Waals surface area contributed by atoms with Crippen molar-refractivity contribution in [1.29, 1.82) is 0 Å². The number of hydrogen-bond donors (Lipinski definition) is 0. The van der Waals surface area contributed by atoms with Gasteiger partial charge in [-0.1, -0.05) is 50.3 Å². The molecule has 1 aliphatic rings. The topological polar surface area (TPSA) is 38.8 Å². The Kier molecular flexibility index (Phi) is 8.40. The molecule has 2 aromatic rings. The Bertz CT molecular complexity index is 849. The predicted octanol–water partition coefficient (Wildman–Crippen LogP) is 5.40. The molecule has 4 nitrogen and oxygen atoms in total. The summed E-state index contributed by atoms with van der Waals surface area (Å²) in [6.45, 7) is 7.61. The highest BCUT2D eigenvalue weighted by Crippen LogP contribution is 2.39. The number of nitrogens with zero attached hydrogens (tertiary/aromatic N) is 1. The third-order valence-electron chi connectivity index (χ3n) is 5.59. The van der Waals surface area contributed by atoms with E-state index < -0.39 is 0 Å². The van der Waals surface area contributed by atoms with E-state index in [1.807, 2.05) is 42.1 Å². The van der Waals surface area contributed by atoms with Crippen LogP contribution in [0.25, 0.3) is 0 Å². The van der Waals surface area contributed by atoms with Gasteiger partial charge in [0.15, 0.2) is 11.5 Å². The molecule has 0 spiro atoms. The predicted molar refractivity (Wildman–Crippen MR) is 125 cm³/mol. The lowest BCUT2D eigenvalue weighted by atomic mass is 9.91. The van der Waals surface area contributed by atoms with Gasteiger partial charge in [0.05, 0.1) is 12.7 Å². The average molecular weight is 426 g/mol. The fourth-order valence-corrected chi connectivity index (χ4v) is 4.97. The van der Waals surface area contributed by atoms with Gasteiger partial charge in [0, 0.05) is 16.9 Å². The summed E-state index contributed by atoms with van der Waals surface area (Å²) in [6, 6.07) is 15.0. The number of methoxy groups -OCH3 is 1. The lowest BCUT2D eigenvalue weighted by molar-refractivity contribution is 0.0729. The first kappa shape index (κ1) is 22.4. The zero-order chi connectivity index (χ0) is 21.3. The SMILES string of the molecule is CCN(CC)CCC(c1ccc(OC(=O)c2ccccc2)c(OC)c1)C1C=CCS1. The maximum Gasteiger partial charge on any atom is 0.343 e. The van der Waals surface area contributed by atoms with E-state index in [0.717, 1.165) is 31.8 Å². The molecule has 30 heavy (non-hydrogen) atoms. The van der Waals surface area contributed by atoms with Gasteiger partial charge in [-0.25, -0.2) is 4.79 Å². The van der Waals surface area contributed by atoms with Crippen molar-refractivity contribution in [2.24, 2.45) is 0 Å². The second kappa shape index (κ2) is 11.2. The van der Waals surface area contributed by atoms with E-state index in [1.54, 1.807) is 19.2 Å². The second-order valence-corrected chi connectivity index (χ2v) is 8.52. The van der Waals surface area contributed by atoms with Crippen molar-refractivity contribution in [3.63, 3.8) is 0 Å². The Labute approximate surface area is 184 Å². The summed E-state index contributed by atoms with van der Waals surface area (Å²) >= 11 is 1.98. The van der Waals surface area contributed by atoms with Crippen LogP contribution in [0.15, 0.2) is 60.7 Å². The van der Waals surface area contributed by atoms with Crippen LogP contribution in [-0.2, 0) is 0 Å². The molecule has 5 heteroatoms. The third-order valence-corrected chi connectivity index (χ3v) is 6.84. The van der Waals surface area contributed by atoms with Gasteiger partial charge in [0.25, 0.3) is 0 Å². The Morgan fingerprint density at radius 3 is 2.53 bits per heavy atom. The summed E-state index contributed by atoms with van der Waals surface area (Å²) in [5, 5.41) is 0.461. The molecule has 0 fully saturated rings. The fraction of sp³-hybridized carbons (Fsp3) is 0.400. The monoisotopic (exact) mass is 425 g/mol. The fourth-order valence-electron chi connectivity index (χ4n) is 3.78. The number of esters is 1. The largest absolute Gasteiger partial charge is 0.493 e. The maximum atomic E-state index is 12.5. The quantitative estimate of drug-likeness (QED) is 0.289. The first-order valence-corrected chi connectivity index (χ1v) is 11.7. The minimum Gasteiger partial charge on any atom is -0.493 e. The van der Waals surface area contributed by atoms with Gasteiger partial charge in [0.2, 0.25) is 0 Å². The molecule has 0 N–H and O–H groups in total. The van der Waals surface area contributed by atoms with Crippen molar-refractivity contribution in [2.45, 2.75) is 31.4 Å². The number of thioether (sulfide) groups is 1. The third kappa shape index (κ3) is 5.67. The van der Waals surface area contributed by atoms with Crippen LogP contribution in [0.5, 0.6) is 11.5 Å². The Morgan fingerprint density at radius 1 is 1.13 bits per heavy atom. The smallest absolute Gasteiger partial charge is 0.343 e. The number of carbonyl (C=O) groups is 1. The van der Waals surface area contributed by atoms with Crippen LogP contribution in [0.3, 0.4) is 0 Å². The summed E-state index contributed by atoms with van der Waals surface area (Å²) in [5.41, 5.74) is 1.75. The number of carbonyl (C=O) groups excluding carboxylic acids is 1. The standard InChI is InChI=1S/C25H31NO3S/c1-4-26(5-2)16-15-21(24-12-9-17-30-24)20-13-14-22(23(18-20)28-3)29-25(27)19-10-7-6-8-11-19/h6-14,18,21,24H,4-5,15-17H2,1-3H3. The van der Waals surface area contributed by atoms with Gasteiger partial charge in [0.1, 0.15) is 0 Å². The first-order chi connectivity index (χ1) is 14.7. The van der Waals surface area contributed by atoms with Gasteiger partial charge < -0.3 is 14.4 Å². The first-order valence-electron chi connectivity index (χ1n) is 10.6. The average Bonchev–Trinajstić information content (AvgIpc) is 3.32. The van der Waals surface area contributed by atoms with Gasteiger partial charge >= 0.3 is 5.97 Å². The van der Waals surface area contributed by atoms with Crippen molar-refractivity contribution in [1.82, 2.24) is 4.90 Å². The molecule has 0 saturated heterocycles. The van der Waals surface area contributed by atoms with E-state index >= 15 is 0 Å². The van der Waals surface area contributed by atoms with E-state index in [0.29, 0.717) is 28.2 Å². The van der Waals surface area contributed by atoms with E-state index in [2.05, 4.69) is 37.0 Å². The molecule has 2 atom stereocenters. The highest BCUT2D eigenvalue weighted by Gasteiger charge is 2.25. The molecule has 0 aliphatic carbocycles. The summed E-state index contributed by atoms with van der Waals surface area (Å²) < 4.78 is 11.2. The molecule has 0 amide bonds. The normalized spacial score (nSPS) is 16.6. The Balaban J connectivity index is 1.80. The van der Waals surface area contributed by atoms with Crippen molar-refractivity contribution >= 4 is 17.7 Å². The molecule has 160 valence electrons. The van der Waals surface area contributed by atoms with Gasteiger partial charge in [-0.05, 0) is 55.9 Å².